The standard InChI is InChI=1S/C14H17N3O/c1-18-14-6-4-13(5-7-14)17-10-11(9-16-17)8-15-12-2-3-12/h4-7,9-10,12,15H,2-3,8H2,1H3. The van der Waals surface area contributed by atoms with Gasteiger partial charge < -0.3 is 10.1 Å². The van der Waals surface area contributed by atoms with Crippen LogP contribution >= 0.6 is 0 Å². The molecule has 1 aliphatic rings. The Morgan fingerprint density at radius 2 is 2.11 bits per heavy atom. The Morgan fingerprint density at radius 1 is 1.33 bits per heavy atom. The van der Waals surface area contributed by atoms with Crippen molar-refractivity contribution in [1.82, 2.24) is 15.1 Å². The van der Waals surface area contributed by atoms with Gasteiger partial charge in [-0.2, -0.15) is 5.10 Å². The van der Waals surface area contributed by atoms with Gasteiger partial charge in [-0.15, -0.1) is 0 Å². The van der Waals surface area contributed by atoms with Gasteiger partial charge in [0.25, 0.3) is 0 Å². The fourth-order valence-corrected chi connectivity index (χ4v) is 1.88. The highest BCUT2D eigenvalue weighted by atomic mass is 16.5. The van der Waals surface area contributed by atoms with Crippen molar-refractivity contribution in [2.75, 3.05) is 7.11 Å². The van der Waals surface area contributed by atoms with E-state index in [0.29, 0.717) is 0 Å². The van der Waals surface area contributed by atoms with Crippen LogP contribution in [0.15, 0.2) is 36.7 Å². The summed E-state index contributed by atoms with van der Waals surface area (Å²) in [6, 6.07) is 8.63. The zero-order valence-corrected chi connectivity index (χ0v) is 10.5. The Hall–Kier alpha value is -1.81. The minimum absolute atomic E-state index is 0.731. The third-order valence-electron chi connectivity index (χ3n) is 3.15. The van der Waals surface area contributed by atoms with Gasteiger partial charge in [0.15, 0.2) is 0 Å². The van der Waals surface area contributed by atoms with Crippen molar-refractivity contribution in [1.29, 1.82) is 0 Å². The minimum atomic E-state index is 0.731. The highest BCUT2D eigenvalue weighted by Crippen LogP contribution is 2.19. The zero-order valence-electron chi connectivity index (χ0n) is 10.5. The number of ether oxygens (including phenoxy) is 1. The van der Waals surface area contributed by atoms with E-state index in [4.69, 9.17) is 4.74 Å². The molecule has 1 fully saturated rings. The summed E-state index contributed by atoms with van der Waals surface area (Å²) >= 11 is 0. The fraction of sp³-hybridized carbons (Fsp3) is 0.357. The summed E-state index contributed by atoms with van der Waals surface area (Å²) in [7, 11) is 1.67. The topological polar surface area (TPSA) is 39.1 Å². The van der Waals surface area contributed by atoms with Gasteiger partial charge in [0.1, 0.15) is 5.75 Å². The predicted molar refractivity (Wildman–Crippen MR) is 70.0 cm³/mol. The first-order chi connectivity index (χ1) is 8.85. The van der Waals surface area contributed by atoms with Crippen LogP contribution in [0.25, 0.3) is 5.69 Å². The Bertz CT molecular complexity index is 514. The molecule has 0 unspecified atom stereocenters. The predicted octanol–water partition coefficient (Wildman–Crippen LogP) is 2.13. The van der Waals surface area contributed by atoms with Crippen molar-refractivity contribution < 1.29 is 4.74 Å². The van der Waals surface area contributed by atoms with E-state index in [2.05, 4.69) is 16.6 Å². The first-order valence-corrected chi connectivity index (χ1v) is 6.26. The van der Waals surface area contributed by atoms with Crippen molar-refractivity contribution in [2.24, 2.45) is 0 Å². The van der Waals surface area contributed by atoms with Crippen molar-refractivity contribution in [3.05, 3.63) is 42.2 Å². The number of rotatable bonds is 5. The molecule has 0 bridgehead atoms. The lowest BCUT2D eigenvalue weighted by molar-refractivity contribution is 0.414. The van der Waals surface area contributed by atoms with E-state index in [1.54, 1.807) is 7.11 Å². The third kappa shape index (κ3) is 2.54. The SMILES string of the molecule is COc1ccc(-n2cc(CNC3CC3)cn2)cc1. The molecule has 94 valence electrons. The van der Waals surface area contributed by atoms with E-state index in [1.165, 1.54) is 18.4 Å². The number of hydrogen-bond donors (Lipinski definition) is 1. The Labute approximate surface area is 107 Å². The van der Waals surface area contributed by atoms with Crippen molar-refractivity contribution in [3.8, 4) is 11.4 Å². The van der Waals surface area contributed by atoms with E-state index < -0.39 is 0 Å². The maximum Gasteiger partial charge on any atom is 0.119 e. The minimum Gasteiger partial charge on any atom is -0.497 e. The second kappa shape index (κ2) is 4.82. The van der Waals surface area contributed by atoms with Crippen molar-refractivity contribution in [3.63, 3.8) is 0 Å². The molecule has 0 aliphatic heterocycles. The van der Waals surface area contributed by atoms with Crippen LogP contribution in [0, 0.1) is 0 Å². The zero-order chi connectivity index (χ0) is 12.4. The lowest BCUT2D eigenvalue weighted by Gasteiger charge is -2.03. The van der Waals surface area contributed by atoms with Gasteiger partial charge >= 0.3 is 0 Å². The van der Waals surface area contributed by atoms with E-state index in [1.807, 2.05) is 35.1 Å². The van der Waals surface area contributed by atoms with Crippen LogP contribution in [0.1, 0.15) is 18.4 Å². The summed E-state index contributed by atoms with van der Waals surface area (Å²) in [5.41, 5.74) is 2.27. The number of nitrogens with zero attached hydrogens (tertiary/aromatic N) is 2. The lowest BCUT2D eigenvalue weighted by Crippen LogP contribution is -2.14. The Morgan fingerprint density at radius 3 is 2.78 bits per heavy atom. The fourth-order valence-electron chi connectivity index (χ4n) is 1.88. The molecule has 1 saturated carbocycles. The van der Waals surface area contributed by atoms with Crippen molar-refractivity contribution >= 4 is 0 Å². The van der Waals surface area contributed by atoms with Crippen LogP contribution in [0.5, 0.6) is 5.75 Å². The van der Waals surface area contributed by atoms with Crippen LogP contribution in [-0.4, -0.2) is 22.9 Å². The molecule has 1 aliphatic carbocycles. The molecule has 1 N–H and O–H groups in total. The average molecular weight is 243 g/mol. The summed E-state index contributed by atoms with van der Waals surface area (Å²) in [4.78, 5) is 0. The number of hydrogen-bond acceptors (Lipinski definition) is 3. The molecule has 0 radical (unpaired) electrons. The van der Waals surface area contributed by atoms with Crippen LogP contribution in [-0.2, 0) is 6.54 Å². The smallest absolute Gasteiger partial charge is 0.119 e. The quantitative estimate of drug-likeness (QED) is 0.874. The molecule has 1 aromatic carbocycles. The van der Waals surface area contributed by atoms with E-state index in [0.717, 1.165) is 24.0 Å². The first-order valence-electron chi connectivity index (χ1n) is 6.26. The summed E-state index contributed by atoms with van der Waals surface area (Å²) < 4.78 is 7.03. The largest absolute Gasteiger partial charge is 0.497 e. The van der Waals surface area contributed by atoms with Crippen LogP contribution in [0.4, 0.5) is 0 Å². The molecular formula is C14H17N3O. The van der Waals surface area contributed by atoms with Gasteiger partial charge in [-0.05, 0) is 37.1 Å². The van der Waals surface area contributed by atoms with Crippen molar-refractivity contribution in [2.45, 2.75) is 25.4 Å². The second-order valence-electron chi connectivity index (χ2n) is 4.65. The Kier molecular flexibility index (Phi) is 3.02. The first kappa shape index (κ1) is 11.3. The summed E-state index contributed by atoms with van der Waals surface area (Å²) in [6.45, 7) is 0.904. The molecule has 2 aromatic rings. The van der Waals surface area contributed by atoms with Crippen LogP contribution < -0.4 is 10.1 Å². The van der Waals surface area contributed by atoms with Gasteiger partial charge in [-0.3, -0.25) is 0 Å². The summed E-state index contributed by atoms with van der Waals surface area (Å²) in [5.74, 6) is 0.863. The molecule has 0 amide bonds. The third-order valence-corrected chi connectivity index (χ3v) is 3.15. The van der Waals surface area contributed by atoms with Crippen LogP contribution in [0.3, 0.4) is 0 Å². The molecule has 18 heavy (non-hydrogen) atoms. The lowest BCUT2D eigenvalue weighted by atomic mass is 10.3. The highest BCUT2D eigenvalue weighted by molar-refractivity contribution is 5.37. The number of benzene rings is 1. The average Bonchev–Trinajstić information content (AvgIpc) is 3.14. The molecule has 3 rings (SSSR count). The maximum atomic E-state index is 5.14. The maximum absolute atomic E-state index is 5.14. The number of aromatic nitrogens is 2. The molecule has 4 nitrogen and oxygen atoms in total. The molecule has 4 heteroatoms. The second-order valence-corrected chi connectivity index (χ2v) is 4.65. The van der Waals surface area contributed by atoms with E-state index >= 15 is 0 Å². The van der Waals surface area contributed by atoms with Crippen LogP contribution in [0.2, 0.25) is 0 Å². The van der Waals surface area contributed by atoms with E-state index in [-0.39, 0.29) is 0 Å². The monoisotopic (exact) mass is 243 g/mol. The summed E-state index contributed by atoms with van der Waals surface area (Å²) in [5, 5.41) is 7.86. The highest BCUT2D eigenvalue weighted by Gasteiger charge is 2.20. The normalized spacial score (nSPS) is 14.7. The van der Waals surface area contributed by atoms with Gasteiger partial charge in [-0.1, -0.05) is 0 Å². The Balaban J connectivity index is 1.70. The molecular weight excluding hydrogens is 226 g/mol. The van der Waals surface area contributed by atoms with Gasteiger partial charge in [-0.25, -0.2) is 4.68 Å². The summed E-state index contributed by atoms with van der Waals surface area (Å²) in [6.07, 6.45) is 6.61. The number of nitrogens with one attached hydrogen (secondary N) is 1. The molecule has 1 aromatic heterocycles. The molecule has 1 heterocycles. The molecule has 0 saturated heterocycles. The van der Waals surface area contributed by atoms with Gasteiger partial charge in [0.05, 0.1) is 19.0 Å². The molecule has 0 spiro atoms. The van der Waals surface area contributed by atoms with E-state index in [9.17, 15) is 0 Å². The van der Waals surface area contributed by atoms with Gasteiger partial charge in [0, 0.05) is 24.3 Å². The molecule has 0 atom stereocenters. The number of methoxy groups -OCH3 is 1. The van der Waals surface area contributed by atoms with Gasteiger partial charge in [0.2, 0.25) is 0 Å².